The highest BCUT2D eigenvalue weighted by Crippen LogP contribution is 2.27. The molecule has 31 heavy (non-hydrogen) atoms. The Bertz CT molecular complexity index is 858. The summed E-state index contributed by atoms with van der Waals surface area (Å²) >= 11 is 0. The number of guanidine groups is 1. The first kappa shape index (κ1) is 25.6. The van der Waals surface area contributed by atoms with E-state index in [9.17, 15) is 5.11 Å². The molecular weight excluding hydrogens is 507 g/mol. The highest BCUT2D eigenvalue weighted by atomic mass is 127. The number of rotatable bonds is 8. The molecule has 9 heteroatoms. The molecule has 0 aliphatic carbocycles. The van der Waals surface area contributed by atoms with Crippen LogP contribution in [-0.2, 0) is 25.0 Å². The summed E-state index contributed by atoms with van der Waals surface area (Å²) < 4.78 is 7.87. The van der Waals surface area contributed by atoms with Gasteiger partial charge in [0.2, 0.25) is 0 Å². The molecule has 2 aromatic rings. The number of aryl methyl sites for hydroxylation is 4. The van der Waals surface area contributed by atoms with Crippen LogP contribution in [0.25, 0.3) is 0 Å². The maximum Gasteiger partial charge on any atom is 0.191 e. The van der Waals surface area contributed by atoms with Gasteiger partial charge in [0.25, 0.3) is 0 Å². The van der Waals surface area contributed by atoms with Gasteiger partial charge in [0.05, 0.1) is 6.54 Å². The van der Waals surface area contributed by atoms with Crippen LogP contribution in [-0.4, -0.2) is 45.5 Å². The van der Waals surface area contributed by atoms with Crippen LogP contribution in [0.15, 0.2) is 15.5 Å². The predicted molar refractivity (Wildman–Crippen MR) is 133 cm³/mol. The first-order valence-electron chi connectivity index (χ1n) is 11.1. The summed E-state index contributed by atoms with van der Waals surface area (Å²) in [7, 11) is 0. The van der Waals surface area contributed by atoms with Gasteiger partial charge in [-0.15, -0.1) is 34.2 Å². The van der Waals surface area contributed by atoms with Crippen molar-refractivity contribution in [2.24, 2.45) is 4.99 Å². The molecule has 3 rings (SSSR count). The summed E-state index contributed by atoms with van der Waals surface area (Å²) in [6.07, 6.45) is 6.57. The molecule has 0 saturated heterocycles. The Morgan fingerprint density at radius 2 is 2.06 bits per heavy atom. The monoisotopic (exact) mass is 544 g/mol. The van der Waals surface area contributed by atoms with E-state index >= 15 is 0 Å². The number of nitrogens with one attached hydrogen (secondary N) is 2. The zero-order chi connectivity index (χ0) is 21.6. The normalized spacial score (nSPS) is 16.1. The Kier molecular flexibility index (Phi) is 9.80. The van der Waals surface area contributed by atoms with Gasteiger partial charge in [-0.1, -0.05) is 6.42 Å². The molecule has 3 N–H and O–H groups in total. The second-order valence-corrected chi connectivity index (χ2v) is 8.32. The molecular formula is C22H37IN6O2. The number of hydrogen-bond donors (Lipinski definition) is 3. The smallest absolute Gasteiger partial charge is 0.191 e. The van der Waals surface area contributed by atoms with Crippen molar-refractivity contribution in [2.45, 2.75) is 78.4 Å². The molecule has 1 unspecified atom stereocenters. The molecule has 1 aliphatic heterocycles. The van der Waals surface area contributed by atoms with E-state index in [4.69, 9.17) is 4.42 Å². The lowest BCUT2D eigenvalue weighted by Crippen LogP contribution is -2.39. The van der Waals surface area contributed by atoms with E-state index in [1.54, 1.807) is 6.92 Å². The molecule has 0 spiro atoms. The molecule has 0 amide bonds. The molecule has 1 aliphatic rings. The van der Waals surface area contributed by atoms with Gasteiger partial charge in [0.15, 0.2) is 5.96 Å². The number of hydrogen-bond acceptors (Lipinski definition) is 5. The summed E-state index contributed by atoms with van der Waals surface area (Å²) in [6.45, 7) is 10.4. The summed E-state index contributed by atoms with van der Waals surface area (Å²) in [5.41, 5.74) is -0.296. The Hall–Kier alpha value is -1.62. The summed E-state index contributed by atoms with van der Waals surface area (Å²) in [5, 5.41) is 26.3. The molecule has 0 fully saturated rings. The maximum atomic E-state index is 10.9. The third kappa shape index (κ3) is 6.93. The average molecular weight is 544 g/mol. The van der Waals surface area contributed by atoms with E-state index < -0.39 is 5.60 Å². The number of aromatic nitrogens is 3. The SMILES string of the molecule is CCNC(=NCC(C)(O)c1cc(C)oc1C)NCCCc1nnc2n1CCCCC2.I. The van der Waals surface area contributed by atoms with Crippen molar-refractivity contribution in [3.8, 4) is 0 Å². The van der Waals surface area contributed by atoms with Crippen LogP contribution >= 0.6 is 24.0 Å². The van der Waals surface area contributed by atoms with Gasteiger partial charge in [-0.05, 0) is 53.0 Å². The number of nitrogens with zero attached hydrogens (tertiary/aromatic N) is 4. The van der Waals surface area contributed by atoms with Gasteiger partial charge in [-0.3, -0.25) is 0 Å². The van der Waals surface area contributed by atoms with Gasteiger partial charge in [0, 0.05) is 38.0 Å². The van der Waals surface area contributed by atoms with Crippen molar-refractivity contribution in [3.63, 3.8) is 0 Å². The molecule has 1 atom stereocenters. The van der Waals surface area contributed by atoms with Crippen LogP contribution in [0, 0.1) is 13.8 Å². The van der Waals surface area contributed by atoms with Gasteiger partial charge >= 0.3 is 0 Å². The fourth-order valence-electron chi connectivity index (χ4n) is 4.01. The first-order chi connectivity index (χ1) is 14.4. The summed E-state index contributed by atoms with van der Waals surface area (Å²) in [5.74, 6) is 4.46. The van der Waals surface area contributed by atoms with Crippen molar-refractivity contribution in [2.75, 3.05) is 19.6 Å². The van der Waals surface area contributed by atoms with Gasteiger partial charge in [0.1, 0.15) is 28.8 Å². The van der Waals surface area contributed by atoms with Crippen LogP contribution < -0.4 is 10.6 Å². The number of halogens is 1. The molecule has 3 heterocycles. The third-order valence-corrected chi connectivity index (χ3v) is 5.57. The maximum absolute atomic E-state index is 10.9. The van der Waals surface area contributed by atoms with Crippen molar-refractivity contribution < 1.29 is 9.52 Å². The lowest BCUT2D eigenvalue weighted by Gasteiger charge is -2.21. The van der Waals surface area contributed by atoms with E-state index in [-0.39, 0.29) is 30.5 Å². The van der Waals surface area contributed by atoms with Crippen LogP contribution in [0.5, 0.6) is 0 Å². The zero-order valence-corrected chi connectivity index (χ0v) is 21.5. The minimum absolute atomic E-state index is 0. The summed E-state index contributed by atoms with van der Waals surface area (Å²) in [6, 6.07) is 1.88. The van der Waals surface area contributed by atoms with Gasteiger partial charge in [-0.2, -0.15) is 0 Å². The molecule has 2 aromatic heterocycles. The van der Waals surface area contributed by atoms with Gasteiger partial charge in [-0.25, -0.2) is 4.99 Å². The molecule has 0 saturated carbocycles. The Balaban J connectivity index is 0.00000341. The molecule has 0 bridgehead atoms. The lowest BCUT2D eigenvalue weighted by atomic mass is 9.96. The van der Waals surface area contributed by atoms with Crippen molar-refractivity contribution in [3.05, 3.63) is 34.8 Å². The van der Waals surface area contributed by atoms with Crippen LogP contribution in [0.4, 0.5) is 0 Å². The second-order valence-electron chi connectivity index (χ2n) is 8.32. The highest BCUT2D eigenvalue weighted by molar-refractivity contribution is 14.0. The van der Waals surface area contributed by atoms with Crippen LogP contribution in [0.1, 0.15) is 68.3 Å². The Morgan fingerprint density at radius 3 is 2.77 bits per heavy atom. The molecule has 174 valence electrons. The van der Waals surface area contributed by atoms with Gasteiger partial charge < -0.3 is 24.7 Å². The fraction of sp³-hybridized carbons (Fsp3) is 0.682. The Labute approximate surface area is 202 Å². The van der Waals surface area contributed by atoms with Crippen LogP contribution in [0.2, 0.25) is 0 Å². The molecule has 0 radical (unpaired) electrons. The number of aliphatic hydroxyl groups is 1. The number of fused-ring (bicyclic) bond motifs is 1. The lowest BCUT2D eigenvalue weighted by molar-refractivity contribution is 0.0657. The Morgan fingerprint density at radius 1 is 1.26 bits per heavy atom. The van der Waals surface area contributed by atoms with Crippen molar-refractivity contribution in [1.29, 1.82) is 0 Å². The molecule has 8 nitrogen and oxygen atoms in total. The van der Waals surface area contributed by atoms with E-state index in [0.29, 0.717) is 5.96 Å². The minimum atomic E-state index is -1.08. The quantitative estimate of drug-likeness (QED) is 0.204. The standard InChI is InChI=1S/C22H36N6O2.HI/c1-5-23-21(25-15-22(4,29)18-14-16(2)30-17(18)3)24-12-9-11-20-27-26-19-10-7-6-8-13-28(19)20;/h14,29H,5-13,15H2,1-4H3,(H2,23,24,25);1H. The summed E-state index contributed by atoms with van der Waals surface area (Å²) in [4.78, 5) is 4.60. The average Bonchev–Trinajstić information content (AvgIpc) is 3.16. The second kappa shape index (κ2) is 11.8. The van der Waals surface area contributed by atoms with E-state index in [1.165, 1.54) is 19.3 Å². The first-order valence-corrected chi connectivity index (χ1v) is 11.1. The molecule has 0 aromatic carbocycles. The topological polar surface area (TPSA) is 100 Å². The van der Waals surface area contributed by atoms with E-state index in [1.807, 2.05) is 26.8 Å². The number of aliphatic imine (C=N–C) groups is 1. The van der Waals surface area contributed by atoms with Crippen molar-refractivity contribution in [1.82, 2.24) is 25.4 Å². The zero-order valence-electron chi connectivity index (χ0n) is 19.2. The predicted octanol–water partition coefficient (Wildman–Crippen LogP) is 3.23. The fourth-order valence-corrected chi connectivity index (χ4v) is 4.01. The minimum Gasteiger partial charge on any atom is -0.466 e. The van der Waals surface area contributed by atoms with Crippen molar-refractivity contribution >= 4 is 29.9 Å². The number of furan rings is 1. The third-order valence-electron chi connectivity index (χ3n) is 5.57. The van der Waals surface area contributed by atoms with E-state index in [0.717, 1.165) is 67.6 Å². The van der Waals surface area contributed by atoms with Crippen LogP contribution in [0.3, 0.4) is 0 Å². The van der Waals surface area contributed by atoms with E-state index in [2.05, 4.69) is 30.4 Å². The largest absolute Gasteiger partial charge is 0.466 e. The highest BCUT2D eigenvalue weighted by Gasteiger charge is 2.27.